The molecule has 0 aliphatic carbocycles. The highest BCUT2D eigenvalue weighted by molar-refractivity contribution is 5.80. The summed E-state index contributed by atoms with van der Waals surface area (Å²) in [7, 11) is 3.56. The van der Waals surface area contributed by atoms with Gasteiger partial charge >= 0.3 is 0 Å². The third-order valence-electron chi connectivity index (χ3n) is 6.37. The Balaban J connectivity index is 1.64. The van der Waals surface area contributed by atoms with Crippen molar-refractivity contribution in [3.05, 3.63) is 29.8 Å². The number of likely N-dealkylation sites (tertiary alicyclic amines) is 1. The van der Waals surface area contributed by atoms with Gasteiger partial charge in [0, 0.05) is 51.9 Å². The summed E-state index contributed by atoms with van der Waals surface area (Å²) in [6, 6.07) is 9.66. The SMILES string of the molecule is CN=C(NCC(c1ccc(OC)cc1)N1CCOCC1)NC1CN(C(C)C)CC1C. The molecule has 2 N–H and O–H groups in total. The van der Waals surface area contributed by atoms with E-state index in [9.17, 15) is 0 Å². The van der Waals surface area contributed by atoms with Crippen molar-refractivity contribution in [1.29, 1.82) is 0 Å². The van der Waals surface area contributed by atoms with Crippen LogP contribution in [0.4, 0.5) is 0 Å². The molecule has 2 aliphatic heterocycles. The first-order valence-electron chi connectivity index (χ1n) is 11.2. The molecule has 2 heterocycles. The Morgan fingerprint density at radius 3 is 2.43 bits per heavy atom. The van der Waals surface area contributed by atoms with Gasteiger partial charge in [-0.05, 0) is 37.5 Å². The number of hydrogen-bond acceptors (Lipinski definition) is 5. The fraction of sp³-hybridized carbons (Fsp3) is 0.696. The van der Waals surface area contributed by atoms with E-state index in [-0.39, 0.29) is 6.04 Å². The Morgan fingerprint density at radius 2 is 1.87 bits per heavy atom. The van der Waals surface area contributed by atoms with E-state index in [4.69, 9.17) is 9.47 Å². The first-order valence-corrected chi connectivity index (χ1v) is 11.2. The van der Waals surface area contributed by atoms with Gasteiger partial charge in [0.25, 0.3) is 0 Å². The highest BCUT2D eigenvalue weighted by Gasteiger charge is 2.31. The van der Waals surface area contributed by atoms with E-state index in [2.05, 4.69) is 58.3 Å². The lowest BCUT2D eigenvalue weighted by Gasteiger charge is -2.35. The number of rotatable bonds is 7. The smallest absolute Gasteiger partial charge is 0.191 e. The number of nitrogens with zero attached hydrogens (tertiary/aromatic N) is 3. The summed E-state index contributed by atoms with van der Waals surface area (Å²) < 4.78 is 10.9. The summed E-state index contributed by atoms with van der Waals surface area (Å²) in [5.74, 6) is 2.36. The van der Waals surface area contributed by atoms with Gasteiger partial charge in [-0.15, -0.1) is 0 Å². The molecule has 30 heavy (non-hydrogen) atoms. The number of aliphatic imine (C=N–C) groups is 1. The van der Waals surface area contributed by atoms with E-state index in [1.165, 1.54) is 5.56 Å². The van der Waals surface area contributed by atoms with Gasteiger partial charge in [-0.3, -0.25) is 14.8 Å². The average Bonchev–Trinajstić information content (AvgIpc) is 3.14. The first kappa shape index (κ1) is 22.8. The number of hydrogen-bond donors (Lipinski definition) is 2. The van der Waals surface area contributed by atoms with Gasteiger partial charge < -0.3 is 20.1 Å². The van der Waals surface area contributed by atoms with Crippen LogP contribution in [-0.4, -0.2) is 87.9 Å². The fourth-order valence-electron chi connectivity index (χ4n) is 4.35. The predicted octanol–water partition coefficient (Wildman–Crippen LogP) is 1.96. The zero-order chi connectivity index (χ0) is 21.5. The number of benzene rings is 1. The minimum absolute atomic E-state index is 0.256. The lowest BCUT2D eigenvalue weighted by Crippen LogP contribution is -2.50. The number of methoxy groups -OCH3 is 1. The summed E-state index contributed by atoms with van der Waals surface area (Å²) in [5, 5.41) is 7.25. The molecule has 7 nitrogen and oxygen atoms in total. The first-order chi connectivity index (χ1) is 14.5. The number of ether oxygens (including phenoxy) is 2. The Kier molecular flexibility index (Phi) is 8.36. The van der Waals surface area contributed by atoms with Crippen LogP contribution in [0.25, 0.3) is 0 Å². The lowest BCUT2D eigenvalue weighted by molar-refractivity contribution is 0.0170. The minimum Gasteiger partial charge on any atom is -0.497 e. The average molecular weight is 418 g/mol. The highest BCUT2D eigenvalue weighted by Crippen LogP contribution is 2.24. The monoisotopic (exact) mass is 417 g/mol. The molecule has 7 heteroatoms. The van der Waals surface area contributed by atoms with Crippen molar-refractivity contribution in [3.63, 3.8) is 0 Å². The molecule has 2 saturated heterocycles. The fourth-order valence-corrected chi connectivity index (χ4v) is 4.35. The Labute approximate surface area is 181 Å². The summed E-state index contributed by atoms with van der Waals surface area (Å²) in [6.45, 7) is 13.3. The molecular formula is C23H39N5O2. The van der Waals surface area contributed by atoms with Crippen LogP contribution in [0.3, 0.4) is 0 Å². The van der Waals surface area contributed by atoms with Gasteiger partial charge in [-0.2, -0.15) is 0 Å². The van der Waals surface area contributed by atoms with E-state index in [1.54, 1.807) is 7.11 Å². The third kappa shape index (κ3) is 5.86. The largest absolute Gasteiger partial charge is 0.497 e. The van der Waals surface area contributed by atoms with Crippen molar-refractivity contribution in [2.75, 3.05) is 60.1 Å². The minimum atomic E-state index is 0.256. The molecule has 0 spiro atoms. The topological polar surface area (TPSA) is 61.4 Å². The van der Waals surface area contributed by atoms with Crippen LogP contribution in [0.1, 0.15) is 32.4 Å². The lowest BCUT2D eigenvalue weighted by atomic mass is 10.0. The van der Waals surface area contributed by atoms with Crippen LogP contribution >= 0.6 is 0 Å². The molecule has 3 rings (SSSR count). The third-order valence-corrected chi connectivity index (χ3v) is 6.37. The molecule has 3 unspecified atom stereocenters. The van der Waals surface area contributed by atoms with Gasteiger partial charge in [0.05, 0.1) is 26.4 Å². The molecule has 0 aromatic heterocycles. The summed E-state index contributed by atoms with van der Waals surface area (Å²) >= 11 is 0. The summed E-state index contributed by atoms with van der Waals surface area (Å²) in [6.07, 6.45) is 0. The molecule has 168 valence electrons. The maximum absolute atomic E-state index is 5.58. The molecule has 1 aromatic rings. The zero-order valence-corrected chi connectivity index (χ0v) is 19.2. The van der Waals surface area contributed by atoms with E-state index in [0.29, 0.717) is 18.0 Å². The number of guanidine groups is 1. The van der Waals surface area contributed by atoms with Gasteiger partial charge in [0.1, 0.15) is 5.75 Å². The van der Waals surface area contributed by atoms with Gasteiger partial charge in [-0.1, -0.05) is 19.1 Å². The van der Waals surface area contributed by atoms with Gasteiger partial charge in [0.2, 0.25) is 0 Å². The van der Waals surface area contributed by atoms with Crippen LogP contribution in [0, 0.1) is 5.92 Å². The number of nitrogens with one attached hydrogen (secondary N) is 2. The molecule has 1 aromatic carbocycles. The molecule has 0 radical (unpaired) electrons. The zero-order valence-electron chi connectivity index (χ0n) is 19.2. The molecule has 0 amide bonds. The highest BCUT2D eigenvalue weighted by atomic mass is 16.5. The molecule has 0 bridgehead atoms. The van der Waals surface area contributed by atoms with Crippen molar-refractivity contribution in [2.45, 2.75) is 38.9 Å². The Bertz CT molecular complexity index is 673. The van der Waals surface area contributed by atoms with Crippen LogP contribution in [0.5, 0.6) is 5.75 Å². The van der Waals surface area contributed by atoms with Crippen LogP contribution in [0.2, 0.25) is 0 Å². The predicted molar refractivity (Wildman–Crippen MR) is 122 cm³/mol. The number of morpholine rings is 1. The van der Waals surface area contributed by atoms with Crippen LogP contribution in [-0.2, 0) is 4.74 Å². The standard InChI is InChI=1S/C23H39N5O2/c1-17(2)28-15-18(3)21(16-28)26-23(24-4)25-14-22(27-10-12-30-13-11-27)19-6-8-20(29-5)9-7-19/h6-9,17-18,21-22H,10-16H2,1-5H3,(H2,24,25,26). The second kappa shape index (κ2) is 11.0. The molecular weight excluding hydrogens is 378 g/mol. The molecule has 0 saturated carbocycles. The molecule has 2 fully saturated rings. The van der Waals surface area contributed by atoms with Crippen LogP contribution < -0.4 is 15.4 Å². The van der Waals surface area contributed by atoms with Gasteiger partial charge in [-0.25, -0.2) is 0 Å². The van der Waals surface area contributed by atoms with E-state index in [0.717, 1.165) is 57.6 Å². The molecule has 3 atom stereocenters. The van der Waals surface area contributed by atoms with Crippen molar-refractivity contribution in [3.8, 4) is 5.75 Å². The van der Waals surface area contributed by atoms with Gasteiger partial charge in [0.15, 0.2) is 5.96 Å². The summed E-state index contributed by atoms with van der Waals surface area (Å²) in [5.41, 5.74) is 1.28. The molecule has 2 aliphatic rings. The van der Waals surface area contributed by atoms with Crippen molar-refractivity contribution in [2.24, 2.45) is 10.9 Å². The normalized spacial score (nSPS) is 24.8. The van der Waals surface area contributed by atoms with E-state index >= 15 is 0 Å². The van der Waals surface area contributed by atoms with Crippen molar-refractivity contribution < 1.29 is 9.47 Å². The van der Waals surface area contributed by atoms with Crippen molar-refractivity contribution in [1.82, 2.24) is 20.4 Å². The van der Waals surface area contributed by atoms with Crippen molar-refractivity contribution >= 4 is 5.96 Å². The van der Waals surface area contributed by atoms with E-state index in [1.807, 2.05) is 19.2 Å². The second-order valence-electron chi connectivity index (χ2n) is 8.67. The Hall–Kier alpha value is -1.83. The Morgan fingerprint density at radius 1 is 1.17 bits per heavy atom. The maximum atomic E-state index is 5.58. The second-order valence-corrected chi connectivity index (χ2v) is 8.67. The summed E-state index contributed by atoms with van der Waals surface area (Å²) in [4.78, 5) is 9.53. The maximum Gasteiger partial charge on any atom is 0.191 e. The quantitative estimate of drug-likeness (QED) is 0.522. The van der Waals surface area contributed by atoms with E-state index < -0.39 is 0 Å². The van der Waals surface area contributed by atoms with Crippen LogP contribution in [0.15, 0.2) is 29.3 Å².